The number of nitrogens with zero attached hydrogens (tertiary/aromatic N) is 1. The largest absolute Gasteiger partial charge is 0.311 e. The lowest BCUT2D eigenvalue weighted by Gasteiger charge is -2.42. The summed E-state index contributed by atoms with van der Waals surface area (Å²) in [5.41, 5.74) is 0. The van der Waals surface area contributed by atoms with E-state index in [1.54, 1.807) is 0 Å². The number of piperazine rings is 1. The van der Waals surface area contributed by atoms with E-state index in [4.69, 9.17) is 0 Å². The Bertz CT molecular complexity index is 316. The van der Waals surface area contributed by atoms with Crippen molar-refractivity contribution >= 4 is 9.84 Å². The first-order valence-corrected chi connectivity index (χ1v) is 8.06. The minimum atomic E-state index is -2.88. The van der Waals surface area contributed by atoms with Crippen molar-refractivity contribution in [2.24, 2.45) is 0 Å². The summed E-state index contributed by atoms with van der Waals surface area (Å²) in [6, 6.07) is 1.03. The van der Waals surface area contributed by atoms with Gasteiger partial charge in [-0.15, -0.1) is 0 Å². The molecule has 0 amide bonds. The molecule has 3 atom stereocenters. The fraction of sp³-hybridized carbons (Fsp3) is 1.00. The van der Waals surface area contributed by atoms with Crippen molar-refractivity contribution in [3.05, 3.63) is 0 Å². The van der Waals surface area contributed by atoms with E-state index in [0.29, 0.717) is 12.1 Å². The smallest absolute Gasteiger partial charge is 0.148 e. The van der Waals surface area contributed by atoms with Crippen LogP contribution in [0.3, 0.4) is 0 Å². The lowest BCUT2D eigenvalue weighted by molar-refractivity contribution is 0.107. The van der Waals surface area contributed by atoms with Gasteiger partial charge in [0.25, 0.3) is 0 Å². The van der Waals surface area contributed by atoms with E-state index in [2.05, 4.69) is 24.1 Å². The standard InChI is InChI=1S/C11H24N2O2S/c1-5-11-7-13(9(2)6-12-11)10(3)8-16(4,14)15/h9-12H,5-8H2,1-4H3. The molecule has 0 aromatic heterocycles. The lowest BCUT2D eigenvalue weighted by Crippen LogP contribution is -2.58. The number of sulfone groups is 1. The van der Waals surface area contributed by atoms with Gasteiger partial charge in [0.1, 0.15) is 9.84 Å². The minimum absolute atomic E-state index is 0.112. The molecule has 0 aliphatic carbocycles. The van der Waals surface area contributed by atoms with Crippen LogP contribution in [-0.2, 0) is 9.84 Å². The summed E-state index contributed by atoms with van der Waals surface area (Å²) in [5.74, 6) is 0.258. The molecule has 4 nitrogen and oxygen atoms in total. The third-order valence-corrected chi connectivity index (χ3v) is 4.39. The molecule has 1 aliphatic rings. The summed E-state index contributed by atoms with van der Waals surface area (Å²) in [6.45, 7) is 8.22. The van der Waals surface area contributed by atoms with Crippen molar-refractivity contribution in [3.8, 4) is 0 Å². The summed E-state index contributed by atoms with van der Waals surface area (Å²) in [4.78, 5) is 2.31. The van der Waals surface area contributed by atoms with Crippen molar-refractivity contribution in [2.75, 3.05) is 25.1 Å². The maximum Gasteiger partial charge on any atom is 0.148 e. The molecule has 0 aromatic rings. The van der Waals surface area contributed by atoms with Gasteiger partial charge >= 0.3 is 0 Å². The average Bonchev–Trinajstić information content (AvgIpc) is 2.15. The predicted octanol–water partition coefficient (Wildman–Crippen LogP) is 0.492. The molecule has 0 radical (unpaired) electrons. The number of rotatable bonds is 4. The van der Waals surface area contributed by atoms with Crippen LogP contribution in [0.4, 0.5) is 0 Å². The highest BCUT2D eigenvalue weighted by atomic mass is 32.2. The zero-order valence-electron chi connectivity index (χ0n) is 10.7. The molecule has 5 heteroatoms. The normalized spacial score (nSPS) is 30.2. The van der Waals surface area contributed by atoms with Crippen LogP contribution in [0.25, 0.3) is 0 Å². The first-order valence-electron chi connectivity index (χ1n) is 6.00. The third kappa shape index (κ3) is 4.03. The Morgan fingerprint density at radius 2 is 2.12 bits per heavy atom. The number of hydrogen-bond acceptors (Lipinski definition) is 4. The van der Waals surface area contributed by atoms with Crippen LogP contribution < -0.4 is 5.32 Å². The van der Waals surface area contributed by atoms with Crippen molar-refractivity contribution in [3.63, 3.8) is 0 Å². The molecule has 1 rings (SSSR count). The Kier molecular flexibility index (Phi) is 4.76. The van der Waals surface area contributed by atoms with Gasteiger partial charge in [-0.2, -0.15) is 0 Å². The second-order valence-corrected chi connectivity index (χ2v) is 7.19. The van der Waals surface area contributed by atoms with E-state index in [-0.39, 0.29) is 11.8 Å². The van der Waals surface area contributed by atoms with Crippen LogP contribution in [0.1, 0.15) is 27.2 Å². The van der Waals surface area contributed by atoms with Crippen LogP contribution in [0, 0.1) is 0 Å². The molecule has 16 heavy (non-hydrogen) atoms. The Labute approximate surface area is 99.3 Å². The Balaban J connectivity index is 2.62. The fourth-order valence-corrected chi connectivity index (χ4v) is 3.44. The van der Waals surface area contributed by atoms with Gasteiger partial charge in [0.15, 0.2) is 0 Å². The molecule has 3 unspecified atom stereocenters. The summed E-state index contributed by atoms with van der Waals surface area (Å²) in [7, 11) is -2.88. The Morgan fingerprint density at radius 3 is 2.62 bits per heavy atom. The van der Waals surface area contributed by atoms with E-state index in [1.165, 1.54) is 6.26 Å². The molecule has 1 heterocycles. The SMILES string of the molecule is CCC1CN(C(C)CS(C)(=O)=O)C(C)CN1. The number of nitrogens with one attached hydrogen (secondary N) is 1. The van der Waals surface area contributed by atoms with Crippen LogP contribution in [0.5, 0.6) is 0 Å². The highest BCUT2D eigenvalue weighted by molar-refractivity contribution is 7.90. The van der Waals surface area contributed by atoms with Gasteiger partial charge < -0.3 is 5.32 Å². The predicted molar refractivity (Wildman–Crippen MR) is 67.4 cm³/mol. The lowest BCUT2D eigenvalue weighted by atomic mass is 10.1. The van der Waals surface area contributed by atoms with Gasteiger partial charge in [-0.1, -0.05) is 6.92 Å². The molecule has 1 fully saturated rings. The zero-order valence-corrected chi connectivity index (χ0v) is 11.5. The molecule has 0 bridgehead atoms. The number of hydrogen-bond donors (Lipinski definition) is 1. The monoisotopic (exact) mass is 248 g/mol. The molecule has 0 saturated carbocycles. The first-order chi connectivity index (χ1) is 7.33. The fourth-order valence-electron chi connectivity index (χ4n) is 2.38. The van der Waals surface area contributed by atoms with Crippen molar-refractivity contribution in [1.82, 2.24) is 10.2 Å². The van der Waals surface area contributed by atoms with Crippen LogP contribution in [-0.4, -0.2) is 56.5 Å². The van der Waals surface area contributed by atoms with Gasteiger partial charge in [0, 0.05) is 37.5 Å². The third-order valence-electron chi connectivity index (χ3n) is 3.30. The Hall–Kier alpha value is -0.130. The van der Waals surface area contributed by atoms with E-state index in [1.807, 2.05) is 6.92 Å². The van der Waals surface area contributed by atoms with E-state index in [9.17, 15) is 8.42 Å². The first kappa shape index (κ1) is 13.9. The topological polar surface area (TPSA) is 49.4 Å². The van der Waals surface area contributed by atoms with E-state index >= 15 is 0 Å². The van der Waals surface area contributed by atoms with Gasteiger partial charge in [0.2, 0.25) is 0 Å². The quantitative estimate of drug-likeness (QED) is 0.787. The van der Waals surface area contributed by atoms with Crippen molar-refractivity contribution in [2.45, 2.75) is 45.3 Å². The van der Waals surface area contributed by atoms with Crippen molar-refractivity contribution < 1.29 is 8.42 Å². The zero-order chi connectivity index (χ0) is 12.3. The minimum Gasteiger partial charge on any atom is -0.311 e. The summed E-state index contributed by atoms with van der Waals surface area (Å²) in [6.07, 6.45) is 2.41. The van der Waals surface area contributed by atoms with E-state index < -0.39 is 9.84 Å². The van der Waals surface area contributed by atoms with Gasteiger partial charge in [-0.25, -0.2) is 8.42 Å². The second-order valence-electron chi connectivity index (χ2n) is 5.00. The maximum atomic E-state index is 11.3. The molecule has 1 aliphatic heterocycles. The summed E-state index contributed by atoms with van der Waals surface area (Å²) >= 11 is 0. The molecular formula is C11H24N2O2S. The molecule has 96 valence electrons. The molecule has 0 spiro atoms. The molecule has 1 N–H and O–H groups in total. The highest BCUT2D eigenvalue weighted by Crippen LogP contribution is 2.13. The molecular weight excluding hydrogens is 224 g/mol. The van der Waals surface area contributed by atoms with Gasteiger partial charge in [-0.05, 0) is 20.3 Å². The van der Waals surface area contributed by atoms with Gasteiger partial charge in [-0.3, -0.25) is 4.90 Å². The van der Waals surface area contributed by atoms with Crippen LogP contribution in [0.15, 0.2) is 0 Å². The molecule has 0 aromatic carbocycles. The van der Waals surface area contributed by atoms with Crippen LogP contribution >= 0.6 is 0 Å². The maximum absolute atomic E-state index is 11.3. The van der Waals surface area contributed by atoms with Crippen molar-refractivity contribution in [1.29, 1.82) is 0 Å². The van der Waals surface area contributed by atoms with Crippen LogP contribution in [0.2, 0.25) is 0 Å². The summed E-state index contributed by atoms with van der Waals surface area (Å²) < 4.78 is 22.6. The van der Waals surface area contributed by atoms with Gasteiger partial charge in [0.05, 0.1) is 5.75 Å². The van der Waals surface area contributed by atoms with E-state index in [0.717, 1.165) is 19.5 Å². The Morgan fingerprint density at radius 1 is 1.50 bits per heavy atom. The second kappa shape index (κ2) is 5.47. The summed E-state index contributed by atoms with van der Waals surface area (Å²) in [5, 5.41) is 3.48. The average molecular weight is 248 g/mol. The highest BCUT2D eigenvalue weighted by Gasteiger charge is 2.28. The molecule has 1 saturated heterocycles.